The van der Waals surface area contributed by atoms with Gasteiger partial charge in [-0.1, -0.05) is 41.4 Å². The van der Waals surface area contributed by atoms with E-state index in [1.807, 2.05) is 32.0 Å². The molecule has 6 nitrogen and oxygen atoms in total. The molecule has 0 unspecified atom stereocenters. The van der Waals surface area contributed by atoms with E-state index >= 15 is 0 Å². The topological polar surface area (TPSA) is 78.5 Å². The monoisotopic (exact) mass is 463 g/mol. The highest BCUT2D eigenvalue weighted by molar-refractivity contribution is 6.53. The van der Waals surface area contributed by atoms with E-state index < -0.39 is 17.6 Å². The maximum absolute atomic E-state index is 14.1. The first-order valence-electron chi connectivity index (χ1n) is 10.0. The van der Waals surface area contributed by atoms with Crippen molar-refractivity contribution in [2.24, 2.45) is 0 Å². The minimum Gasteiger partial charge on any atom is -0.350 e. The van der Waals surface area contributed by atoms with Crippen LogP contribution in [-0.2, 0) is 9.59 Å². The number of carbonyl (C=O) groups is 3. The van der Waals surface area contributed by atoms with Crippen molar-refractivity contribution in [1.29, 1.82) is 0 Å². The SMILES string of the molecule is Cc1ccc(NC(=O)c2ccc(NC3=C(Cl)C(=O)N(c4ccccc4F)C3=O)cc2)c(C)c1. The first-order valence-corrected chi connectivity index (χ1v) is 10.4. The summed E-state index contributed by atoms with van der Waals surface area (Å²) in [5.41, 5.74) is 3.26. The van der Waals surface area contributed by atoms with Gasteiger partial charge in [-0.05, 0) is 61.9 Å². The molecule has 0 atom stereocenters. The second kappa shape index (κ2) is 8.88. The van der Waals surface area contributed by atoms with Crippen LogP contribution < -0.4 is 15.5 Å². The van der Waals surface area contributed by atoms with Gasteiger partial charge in [0.05, 0.1) is 5.69 Å². The van der Waals surface area contributed by atoms with Crippen molar-refractivity contribution in [2.45, 2.75) is 13.8 Å². The average Bonchev–Trinajstić information content (AvgIpc) is 3.00. The summed E-state index contributed by atoms with van der Waals surface area (Å²) < 4.78 is 14.1. The molecule has 4 rings (SSSR count). The van der Waals surface area contributed by atoms with Crippen LogP contribution in [0.25, 0.3) is 0 Å². The van der Waals surface area contributed by atoms with E-state index in [2.05, 4.69) is 10.6 Å². The molecule has 0 spiro atoms. The van der Waals surface area contributed by atoms with Crippen LogP contribution in [0.4, 0.5) is 21.5 Å². The summed E-state index contributed by atoms with van der Waals surface area (Å²) in [7, 11) is 0. The van der Waals surface area contributed by atoms with Crippen LogP contribution in [0.2, 0.25) is 0 Å². The fraction of sp³-hybridized carbons (Fsp3) is 0.0800. The molecule has 0 saturated carbocycles. The van der Waals surface area contributed by atoms with Crippen LogP contribution in [0.15, 0.2) is 77.5 Å². The van der Waals surface area contributed by atoms with Crippen molar-refractivity contribution in [2.75, 3.05) is 15.5 Å². The number of hydrogen-bond acceptors (Lipinski definition) is 4. The van der Waals surface area contributed by atoms with E-state index in [9.17, 15) is 18.8 Å². The van der Waals surface area contributed by atoms with Gasteiger partial charge >= 0.3 is 0 Å². The predicted octanol–water partition coefficient (Wildman–Crippen LogP) is 5.13. The molecule has 33 heavy (non-hydrogen) atoms. The minimum atomic E-state index is -0.821. The minimum absolute atomic E-state index is 0.169. The van der Waals surface area contributed by atoms with Gasteiger partial charge in [-0.3, -0.25) is 14.4 Å². The lowest BCUT2D eigenvalue weighted by molar-refractivity contribution is -0.120. The zero-order valence-electron chi connectivity index (χ0n) is 17.8. The molecule has 0 bridgehead atoms. The summed E-state index contributed by atoms with van der Waals surface area (Å²) in [5.74, 6) is -2.60. The molecule has 3 aromatic rings. The molecule has 3 aromatic carbocycles. The van der Waals surface area contributed by atoms with Crippen molar-refractivity contribution in [3.8, 4) is 0 Å². The van der Waals surface area contributed by atoms with Gasteiger partial charge < -0.3 is 10.6 Å². The molecular weight excluding hydrogens is 445 g/mol. The number of benzene rings is 3. The molecule has 1 aliphatic rings. The van der Waals surface area contributed by atoms with E-state index in [1.54, 1.807) is 24.3 Å². The molecular formula is C25H19ClFN3O3. The summed E-state index contributed by atoms with van der Waals surface area (Å²) in [6.07, 6.45) is 0. The van der Waals surface area contributed by atoms with Gasteiger partial charge in [0.15, 0.2) is 0 Å². The third-order valence-corrected chi connectivity index (χ3v) is 5.52. The fourth-order valence-corrected chi connectivity index (χ4v) is 3.67. The predicted molar refractivity (Wildman–Crippen MR) is 126 cm³/mol. The van der Waals surface area contributed by atoms with Crippen molar-refractivity contribution >= 4 is 46.4 Å². The lowest BCUT2D eigenvalue weighted by atomic mass is 10.1. The van der Waals surface area contributed by atoms with Crippen LogP contribution in [-0.4, -0.2) is 17.7 Å². The Balaban J connectivity index is 1.49. The maximum Gasteiger partial charge on any atom is 0.283 e. The second-order valence-corrected chi connectivity index (χ2v) is 7.94. The first kappa shape index (κ1) is 22.2. The standard InChI is InChI=1S/C25H19ClFN3O3/c1-14-7-12-19(15(2)13-14)29-23(31)16-8-10-17(11-9-16)28-22-21(26)24(32)30(25(22)33)20-6-4-3-5-18(20)27/h3-13,28H,1-2H3,(H,29,31). The number of hydrogen-bond donors (Lipinski definition) is 2. The third-order valence-electron chi connectivity index (χ3n) is 5.17. The number of para-hydroxylation sites is 1. The van der Waals surface area contributed by atoms with Crippen LogP contribution in [0, 0.1) is 19.7 Å². The van der Waals surface area contributed by atoms with Crippen molar-refractivity contribution in [3.05, 3.63) is 100.0 Å². The molecule has 0 aliphatic carbocycles. The number of aryl methyl sites for hydroxylation is 2. The number of rotatable bonds is 5. The van der Waals surface area contributed by atoms with Gasteiger partial charge in [-0.25, -0.2) is 9.29 Å². The normalized spacial score (nSPS) is 13.5. The molecule has 1 heterocycles. The van der Waals surface area contributed by atoms with E-state index in [0.717, 1.165) is 17.2 Å². The van der Waals surface area contributed by atoms with E-state index in [0.29, 0.717) is 21.8 Å². The summed E-state index contributed by atoms with van der Waals surface area (Å²) >= 11 is 6.09. The first-order chi connectivity index (χ1) is 15.8. The Morgan fingerprint density at radius 2 is 1.64 bits per heavy atom. The lowest BCUT2D eigenvalue weighted by Gasteiger charge is -2.15. The summed E-state index contributed by atoms with van der Waals surface area (Å²) in [6, 6.07) is 17.5. The van der Waals surface area contributed by atoms with Gasteiger partial charge in [0.25, 0.3) is 17.7 Å². The van der Waals surface area contributed by atoms with Gasteiger partial charge in [-0.15, -0.1) is 0 Å². The van der Waals surface area contributed by atoms with Crippen LogP contribution in [0.3, 0.4) is 0 Å². The Bertz CT molecular complexity index is 1320. The van der Waals surface area contributed by atoms with E-state index in [-0.39, 0.29) is 22.3 Å². The summed E-state index contributed by atoms with van der Waals surface area (Å²) in [6.45, 7) is 3.89. The average molecular weight is 464 g/mol. The molecule has 166 valence electrons. The maximum atomic E-state index is 14.1. The van der Waals surface area contributed by atoms with Crippen molar-refractivity contribution in [1.82, 2.24) is 0 Å². The lowest BCUT2D eigenvalue weighted by Crippen LogP contribution is -2.33. The number of imide groups is 1. The second-order valence-electron chi connectivity index (χ2n) is 7.56. The highest BCUT2D eigenvalue weighted by Gasteiger charge is 2.40. The molecule has 8 heteroatoms. The highest BCUT2D eigenvalue weighted by atomic mass is 35.5. The summed E-state index contributed by atoms with van der Waals surface area (Å²) in [5, 5.41) is 5.32. The van der Waals surface area contributed by atoms with Crippen LogP contribution in [0.1, 0.15) is 21.5 Å². The molecule has 3 amide bonds. The van der Waals surface area contributed by atoms with Gasteiger partial charge in [0, 0.05) is 16.9 Å². The number of halogens is 2. The van der Waals surface area contributed by atoms with Crippen molar-refractivity contribution < 1.29 is 18.8 Å². The van der Waals surface area contributed by atoms with E-state index in [4.69, 9.17) is 11.6 Å². The van der Waals surface area contributed by atoms with Gasteiger partial charge in [0.1, 0.15) is 16.5 Å². The molecule has 1 aliphatic heterocycles. The van der Waals surface area contributed by atoms with E-state index in [1.165, 1.54) is 18.2 Å². The molecule has 0 radical (unpaired) electrons. The van der Waals surface area contributed by atoms with Crippen LogP contribution in [0.5, 0.6) is 0 Å². The Morgan fingerprint density at radius 1 is 0.939 bits per heavy atom. The van der Waals surface area contributed by atoms with Gasteiger partial charge in [0.2, 0.25) is 0 Å². The number of anilines is 3. The van der Waals surface area contributed by atoms with Crippen LogP contribution >= 0.6 is 11.6 Å². The number of nitrogens with zero attached hydrogens (tertiary/aromatic N) is 1. The highest BCUT2D eigenvalue weighted by Crippen LogP contribution is 2.31. The number of carbonyl (C=O) groups excluding carboxylic acids is 3. The Kier molecular flexibility index (Phi) is 5.98. The zero-order valence-corrected chi connectivity index (χ0v) is 18.5. The quantitative estimate of drug-likeness (QED) is 0.514. The smallest absolute Gasteiger partial charge is 0.283 e. The Morgan fingerprint density at radius 3 is 2.30 bits per heavy atom. The third kappa shape index (κ3) is 4.36. The Labute approximate surface area is 194 Å². The van der Waals surface area contributed by atoms with Gasteiger partial charge in [-0.2, -0.15) is 0 Å². The molecule has 0 fully saturated rings. The van der Waals surface area contributed by atoms with Crippen molar-refractivity contribution in [3.63, 3.8) is 0 Å². The number of amides is 3. The molecule has 0 saturated heterocycles. The largest absolute Gasteiger partial charge is 0.350 e. The summed E-state index contributed by atoms with van der Waals surface area (Å²) in [4.78, 5) is 38.5. The number of nitrogens with one attached hydrogen (secondary N) is 2. The molecule has 2 N–H and O–H groups in total. The fourth-order valence-electron chi connectivity index (χ4n) is 3.46. The Hall–Kier alpha value is -3.97. The molecule has 0 aromatic heterocycles. The zero-order chi connectivity index (χ0) is 23.7.